The minimum absolute atomic E-state index is 0.870. The van der Waals surface area contributed by atoms with Crippen LogP contribution in [0.5, 0.6) is 0 Å². The highest BCUT2D eigenvalue weighted by molar-refractivity contribution is 9.10. The van der Waals surface area contributed by atoms with E-state index in [4.69, 9.17) is 0 Å². The number of pyridine rings is 1. The number of rotatable bonds is 2. The van der Waals surface area contributed by atoms with E-state index in [1.54, 1.807) is 0 Å². The van der Waals surface area contributed by atoms with Crippen LogP contribution < -0.4 is 4.90 Å². The summed E-state index contributed by atoms with van der Waals surface area (Å²) in [5.41, 5.74) is 5.10. The molecule has 0 aliphatic carbocycles. The van der Waals surface area contributed by atoms with Gasteiger partial charge in [0, 0.05) is 18.8 Å². The third-order valence-corrected chi connectivity index (χ3v) is 4.99. The molecule has 1 aliphatic rings. The fraction of sp³-hybridized carbons (Fsp3) is 0.667. The molecule has 18 heavy (non-hydrogen) atoms. The van der Waals surface area contributed by atoms with Gasteiger partial charge >= 0.3 is 0 Å². The van der Waals surface area contributed by atoms with Crippen LogP contribution in [0.1, 0.15) is 43.6 Å². The Bertz CT molecular complexity index is 435. The van der Waals surface area contributed by atoms with Crippen molar-refractivity contribution in [3.05, 3.63) is 21.4 Å². The molecule has 0 spiro atoms. The van der Waals surface area contributed by atoms with Crippen LogP contribution in [0.2, 0.25) is 0 Å². The number of piperidine rings is 1. The largest absolute Gasteiger partial charge is 0.370 e. The molecular formula is C15H23BrN2. The first-order valence-corrected chi connectivity index (χ1v) is 7.74. The number of aryl methyl sites for hydroxylation is 2. The predicted octanol–water partition coefficient (Wildman–Crippen LogP) is 4.26. The van der Waals surface area contributed by atoms with Crippen molar-refractivity contribution < 1.29 is 0 Å². The zero-order valence-corrected chi connectivity index (χ0v) is 13.5. The molecule has 1 fully saturated rings. The van der Waals surface area contributed by atoms with Gasteiger partial charge in [-0.3, -0.25) is 4.98 Å². The topological polar surface area (TPSA) is 16.1 Å². The van der Waals surface area contributed by atoms with Crippen molar-refractivity contribution >= 4 is 21.6 Å². The van der Waals surface area contributed by atoms with E-state index in [1.807, 2.05) is 0 Å². The second-order valence-electron chi connectivity index (χ2n) is 5.45. The van der Waals surface area contributed by atoms with Crippen molar-refractivity contribution in [3.8, 4) is 0 Å². The average molecular weight is 311 g/mol. The lowest BCUT2D eigenvalue weighted by Gasteiger charge is -2.34. The maximum absolute atomic E-state index is 4.64. The number of anilines is 1. The number of halogens is 1. The van der Waals surface area contributed by atoms with E-state index < -0.39 is 0 Å². The zero-order valence-electron chi connectivity index (χ0n) is 11.9. The number of nitrogens with zero attached hydrogens (tertiary/aromatic N) is 2. The number of hydrogen-bond acceptors (Lipinski definition) is 2. The Hall–Kier alpha value is -0.570. The summed E-state index contributed by atoms with van der Waals surface area (Å²) in [6.45, 7) is 11.2. The highest BCUT2D eigenvalue weighted by atomic mass is 79.9. The molecule has 1 aliphatic heterocycles. The first kappa shape index (κ1) is 13.9. The van der Waals surface area contributed by atoms with E-state index in [0.29, 0.717) is 0 Å². The first-order valence-electron chi connectivity index (χ1n) is 6.95. The Morgan fingerprint density at radius 1 is 1.22 bits per heavy atom. The van der Waals surface area contributed by atoms with Crippen LogP contribution >= 0.6 is 15.9 Å². The lowest BCUT2D eigenvalue weighted by atomic mass is 9.97. The van der Waals surface area contributed by atoms with E-state index in [-0.39, 0.29) is 0 Å². The average Bonchev–Trinajstić information content (AvgIpc) is 2.35. The monoisotopic (exact) mass is 310 g/mol. The van der Waals surface area contributed by atoms with E-state index in [2.05, 4.69) is 53.5 Å². The van der Waals surface area contributed by atoms with Gasteiger partial charge in [-0.15, -0.1) is 0 Å². The molecule has 100 valence electrons. The summed E-state index contributed by atoms with van der Waals surface area (Å²) in [6, 6.07) is 0. The van der Waals surface area contributed by atoms with Crippen molar-refractivity contribution in [1.82, 2.24) is 4.98 Å². The SMILES string of the molecule is CCc1c(C)nc(C)c(Br)c1N1CCC(C)CC1. The fourth-order valence-corrected chi connectivity index (χ4v) is 3.41. The Morgan fingerprint density at radius 3 is 2.39 bits per heavy atom. The molecule has 1 aromatic heterocycles. The highest BCUT2D eigenvalue weighted by Crippen LogP contribution is 2.36. The van der Waals surface area contributed by atoms with Crippen LogP contribution in [0.3, 0.4) is 0 Å². The maximum Gasteiger partial charge on any atom is 0.0624 e. The summed E-state index contributed by atoms with van der Waals surface area (Å²) >= 11 is 3.75. The Labute approximate surface area is 119 Å². The minimum Gasteiger partial charge on any atom is -0.370 e. The van der Waals surface area contributed by atoms with Gasteiger partial charge in [0.15, 0.2) is 0 Å². The molecule has 0 amide bonds. The van der Waals surface area contributed by atoms with E-state index >= 15 is 0 Å². The molecular weight excluding hydrogens is 288 g/mol. The summed E-state index contributed by atoms with van der Waals surface area (Å²) in [6.07, 6.45) is 3.66. The second kappa shape index (κ2) is 5.60. The third kappa shape index (κ3) is 2.56. The lowest BCUT2D eigenvalue weighted by Crippen LogP contribution is -2.34. The van der Waals surface area contributed by atoms with Crippen molar-refractivity contribution in [3.63, 3.8) is 0 Å². The summed E-state index contributed by atoms with van der Waals surface area (Å²) in [5.74, 6) is 0.870. The summed E-state index contributed by atoms with van der Waals surface area (Å²) in [5, 5.41) is 0. The Morgan fingerprint density at radius 2 is 1.83 bits per heavy atom. The number of aromatic nitrogens is 1. The van der Waals surface area contributed by atoms with Gasteiger partial charge in [-0.25, -0.2) is 0 Å². The van der Waals surface area contributed by atoms with Crippen molar-refractivity contribution in [2.45, 2.75) is 47.0 Å². The number of hydrogen-bond donors (Lipinski definition) is 0. The molecule has 0 aromatic carbocycles. The summed E-state index contributed by atoms with van der Waals surface area (Å²) < 4.78 is 1.19. The maximum atomic E-state index is 4.64. The van der Waals surface area contributed by atoms with Crippen molar-refractivity contribution in [2.24, 2.45) is 5.92 Å². The fourth-order valence-electron chi connectivity index (χ4n) is 2.83. The van der Waals surface area contributed by atoms with Crippen LogP contribution in [0.25, 0.3) is 0 Å². The molecule has 0 radical (unpaired) electrons. The molecule has 0 atom stereocenters. The molecule has 0 bridgehead atoms. The van der Waals surface area contributed by atoms with Crippen LogP contribution in [-0.4, -0.2) is 18.1 Å². The van der Waals surface area contributed by atoms with Gasteiger partial charge < -0.3 is 4.90 Å². The highest BCUT2D eigenvalue weighted by Gasteiger charge is 2.22. The quantitative estimate of drug-likeness (QED) is 0.811. The molecule has 0 N–H and O–H groups in total. The van der Waals surface area contributed by atoms with Crippen LogP contribution in [0.15, 0.2) is 4.47 Å². The molecule has 0 saturated carbocycles. The van der Waals surface area contributed by atoms with Gasteiger partial charge in [-0.05, 0) is 60.5 Å². The molecule has 1 aromatic rings. The van der Waals surface area contributed by atoms with Crippen LogP contribution in [0, 0.1) is 19.8 Å². The summed E-state index contributed by atoms with van der Waals surface area (Å²) in [4.78, 5) is 7.19. The molecule has 2 rings (SSSR count). The Kier molecular flexibility index (Phi) is 4.31. The third-order valence-electron chi connectivity index (χ3n) is 4.04. The van der Waals surface area contributed by atoms with Gasteiger partial charge in [0.2, 0.25) is 0 Å². The molecule has 0 unspecified atom stereocenters. The molecule has 2 nitrogen and oxygen atoms in total. The normalized spacial score (nSPS) is 17.3. The lowest BCUT2D eigenvalue weighted by molar-refractivity contribution is 0.437. The molecule has 1 saturated heterocycles. The van der Waals surface area contributed by atoms with Gasteiger partial charge in [0.1, 0.15) is 0 Å². The van der Waals surface area contributed by atoms with Gasteiger partial charge in [0.05, 0.1) is 15.9 Å². The van der Waals surface area contributed by atoms with E-state index in [1.165, 1.54) is 47.3 Å². The standard InChI is InChI=1S/C15H23BrN2/c1-5-13-11(3)17-12(4)14(16)15(13)18-8-6-10(2)7-9-18/h10H,5-9H2,1-4H3. The first-order chi connectivity index (χ1) is 8.54. The van der Waals surface area contributed by atoms with Crippen LogP contribution in [0.4, 0.5) is 5.69 Å². The Balaban J connectivity index is 2.42. The smallest absolute Gasteiger partial charge is 0.0624 e. The minimum atomic E-state index is 0.870. The van der Waals surface area contributed by atoms with Crippen molar-refractivity contribution in [2.75, 3.05) is 18.0 Å². The molecule has 2 heterocycles. The second-order valence-corrected chi connectivity index (χ2v) is 6.24. The van der Waals surface area contributed by atoms with E-state index in [9.17, 15) is 0 Å². The van der Waals surface area contributed by atoms with Gasteiger partial charge in [-0.1, -0.05) is 13.8 Å². The van der Waals surface area contributed by atoms with Gasteiger partial charge in [-0.2, -0.15) is 0 Å². The van der Waals surface area contributed by atoms with Crippen LogP contribution in [-0.2, 0) is 6.42 Å². The predicted molar refractivity (Wildman–Crippen MR) is 81.4 cm³/mol. The van der Waals surface area contributed by atoms with E-state index in [0.717, 1.165) is 18.0 Å². The van der Waals surface area contributed by atoms with Gasteiger partial charge in [0.25, 0.3) is 0 Å². The van der Waals surface area contributed by atoms with Crippen molar-refractivity contribution in [1.29, 1.82) is 0 Å². The molecule has 3 heteroatoms. The summed E-state index contributed by atoms with van der Waals surface area (Å²) in [7, 11) is 0. The zero-order chi connectivity index (χ0) is 13.3.